The Kier molecular flexibility index (Phi) is 6.71. The molecule has 186 valence electrons. The fourth-order valence-electron chi connectivity index (χ4n) is 6.00. The molecule has 0 bridgehead atoms. The third-order valence-electron chi connectivity index (χ3n) is 8.65. The second-order valence-corrected chi connectivity index (χ2v) is 11.0. The van der Waals surface area contributed by atoms with E-state index >= 15 is 0 Å². The highest BCUT2D eigenvalue weighted by atomic mass is 16.5. The van der Waals surface area contributed by atoms with E-state index in [0.717, 1.165) is 48.7 Å². The van der Waals surface area contributed by atoms with E-state index in [1.165, 1.54) is 42.3 Å². The van der Waals surface area contributed by atoms with E-state index in [1.54, 1.807) is 7.11 Å². The van der Waals surface area contributed by atoms with Crippen LogP contribution in [0.2, 0.25) is 0 Å². The van der Waals surface area contributed by atoms with E-state index in [2.05, 4.69) is 80.2 Å². The number of aromatic nitrogens is 2. The maximum atomic E-state index is 5.60. The molecule has 3 heterocycles. The molecule has 1 saturated heterocycles. The Balaban J connectivity index is 1.46. The maximum Gasteiger partial charge on any atom is 0.216 e. The summed E-state index contributed by atoms with van der Waals surface area (Å²) in [6.45, 7) is 6.73. The first-order valence-corrected chi connectivity index (χ1v) is 13.3. The van der Waals surface area contributed by atoms with E-state index in [9.17, 15) is 0 Å². The van der Waals surface area contributed by atoms with Crippen molar-refractivity contribution in [1.82, 2.24) is 14.9 Å². The second-order valence-electron chi connectivity index (χ2n) is 11.0. The van der Waals surface area contributed by atoms with E-state index in [4.69, 9.17) is 14.7 Å². The van der Waals surface area contributed by atoms with E-state index in [0.29, 0.717) is 12.0 Å². The molecule has 5 heteroatoms. The number of fused-ring (bicyclic) bond motifs is 1. The lowest BCUT2D eigenvalue weighted by atomic mass is 9.61. The van der Waals surface area contributed by atoms with Gasteiger partial charge < -0.3 is 14.5 Å². The highest BCUT2D eigenvalue weighted by Gasteiger charge is 2.40. The van der Waals surface area contributed by atoms with E-state index in [1.807, 2.05) is 0 Å². The monoisotopic (exact) mass is 472 g/mol. The Labute approximate surface area is 210 Å². The van der Waals surface area contributed by atoms with Crippen LogP contribution in [0.1, 0.15) is 56.4 Å². The number of likely N-dealkylation sites (N-methyl/N-ethyl adjacent to an activating group) is 1. The zero-order valence-corrected chi connectivity index (χ0v) is 22.1. The summed E-state index contributed by atoms with van der Waals surface area (Å²) in [5.74, 6) is 2.55. The molecule has 0 amide bonds. The topological polar surface area (TPSA) is 41.5 Å². The van der Waals surface area contributed by atoms with Gasteiger partial charge in [0.15, 0.2) is 0 Å². The van der Waals surface area contributed by atoms with Crippen molar-refractivity contribution >= 4 is 16.7 Å². The third-order valence-corrected chi connectivity index (χ3v) is 8.65. The Morgan fingerprint density at radius 1 is 1.09 bits per heavy atom. The number of methoxy groups -OCH3 is 1. The molecule has 5 rings (SSSR count). The minimum absolute atomic E-state index is 0.0353. The predicted molar refractivity (Wildman–Crippen MR) is 145 cm³/mol. The summed E-state index contributed by atoms with van der Waals surface area (Å²) in [7, 11) is 6.08. The number of pyridine rings is 2. The van der Waals surface area contributed by atoms with Crippen LogP contribution in [0.5, 0.6) is 5.88 Å². The number of anilines is 1. The largest absolute Gasteiger partial charge is 0.481 e. The molecule has 0 N–H and O–H groups in total. The van der Waals surface area contributed by atoms with Gasteiger partial charge in [0, 0.05) is 41.2 Å². The van der Waals surface area contributed by atoms with E-state index in [-0.39, 0.29) is 5.41 Å². The van der Waals surface area contributed by atoms with Crippen LogP contribution in [0.4, 0.5) is 5.82 Å². The molecule has 0 radical (unpaired) electrons. The minimum atomic E-state index is 0.0353. The standard InChI is InChI=1S/C30H40N4O/c1-6-21-17-22-13-14-24(18-27(22)32-29(21)35-5)30(2,23-9-7-10-23)19-25-11-8-12-28(31-25)34-16-15-26(20-34)33(3)4/h8,11-14,17-18,23,26H,6-7,9-10,15-16,19-20H2,1-5H3. The molecule has 2 unspecified atom stereocenters. The van der Waals surface area contributed by atoms with Crippen molar-refractivity contribution in [2.75, 3.05) is 39.2 Å². The van der Waals surface area contributed by atoms with Crippen LogP contribution in [-0.4, -0.2) is 55.2 Å². The highest BCUT2D eigenvalue weighted by molar-refractivity contribution is 5.81. The van der Waals surface area contributed by atoms with Gasteiger partial charge in [0.1, 0.15) is 5.82 Å². The van der Waals surface area contributed by atoms with E-state index < -0.39 is 0 Å². The van der Waals surface area contributed by atoms with Crippen molar-refractivity contribution in [2.45, 2.75) is 63.8 Å². The van der Waals surface area contributed by atoms with Crippen molar-refractivity contribution in [3.05, 3.63) is 59.3 Å². The SMILES string of the molecule is CCc1cc2ccc(C(C)(Cc3cccc(N4CCC(N(C)C)C4)n3)C3CCC3)cc2nc1OC. The summed E-state index contributed by atoms with van der Waals surface area (Å²) < 4.78 is 5.60. The molecular weight excluding hydrogens is 432 g/mol. The summed E-state index contributed by atoms with van der Waals surface area (Å²) in [6, 6.07) is 16.3. The number of nitrogens with zero attached hydrogens (tertiary/aromatic N) is 4. The Hall–Kier alpha value is -2.66. The van der Waals surface area contributed by atoms with Gasteiger partial charge in [0.05, 0.1) is 12.6 Å². The van der Waals surface area contributed by atoms with Crippen molar-refractivity contribution in [2.24, 2.45) is 5.92 Å². The van der Waals surface area contributed by atoms with Crippen LogP contribution in [0.15, 0.2) is 42.5 Å². The van der Waals surface area contributed by atoms with Crippen molar-refractivity contribution < 1.29 is 4.74 Å². The second kappa shape index (κ2) is 9.77. The first kappa shape index (κ1) is 24.1. The Morgan fingerprint density at radius 2 is 1.91 bits per heavy atom. The molecule has 35 heavy (non-hydrogen) atoms. The maximum absolute atomic E-state index is 5.60. The number of benzene rings is 1. The summed E-state index contributed by atoms with van der Waals surface area (Å²) in [6.07, 6.45) is 6.97. The average Bonchev–Trinajstić information content (AvgIpc) is 3.32. The first-order chi connectivity index (χ1) is 16.9. The summed E-state index contributed by atoms with van der Waals surface area (Å²) in [5, 5.41) is 1.19. The average molecular weight is 473 g/mol. The van der Waals surface area contributed by atoms with Gasteiger partial charge in [-0.2, -0.15) is 0 Å². The Bertz CT molecular complexity index is 1190. The fraction of sp³-hybridized carbons (Fsp3) is 0.533. The van der Waals surface area contributed by atoms with Crippen molar-refractivity contribution in [3.63, 3.8) is 0 Å². The molecule has 5 nitrogen and oxygen atoms in total. The third kappa shape index (κ3) is 4.63. The quantitative estimate of drug-likeness (QED) is 0.424. The van der Waals surface area contributed by atoms with Crippen LogP contribution < -0.4 is 9.64 Å². The number of rotatable bonds is 8. The Morgan fingerprint density at radius 3 is 2.57 bits per heavy atom. The molecule has 3 aromatic rings. The van der Waals surface area contributed by atoms with Gasteiger partial charge in [0.2, 0.25) is 5.88 Å². The van der Waals surface area contributed by atoms with Crippen LogP contribution in [0, 0.1) is 5.92 Å². The zero-order valence-electron chi connectivity index (χ0n) is 22.1. The highest BCUT2D eigenvalue weighted by Crippen LogP contribution is 2.46. The first-order valence-electron chi connectivity index (χ1n) is 13.3. The van der Waals surface area contributed by atoms with Crippen molar-refractivity contribution in [1.29, 1.82) is 0 Å². The summed E-state index contributed by atoms with van der Waals surface area (Å²) >= 11 is 0. The lowest BCUT2D eigenvalue weighted by Gasteiger charge is -2.43. The molecule has 2 aliphatic rings. The molecule has 1 aliphatic carbocycles. The molecule has 2 atom stereocenters. The molecule has 2 fully saturated rings. The molecule has 1 aliphatic heterocycles. The van der Waals surface area contributed by atoms with Gasteiger partial charge in [-0.25, -0.2) is 9.97 Å². The molecule has 2 aromatic heterocycles. The molecule has 0 spiro atoms. The zero-order chi connectivity index (χ0) is 24.6. The number of ether oxygens (including phenoxy) is 1. The normalized spacial score (nSPS) is 20.3. The van der Waals surface area contributed by atoms with Crippen LogP contribution in [0.3, 0.4) is 0 Å². The molecule has 1 saturated carbocycles. The number of hydrogen-bond donors (Lipinski definition) is 0. The molecular formula is C30H40N4O. The summed E-state index contributed by atoms with van der Waals surface area (Å²) in [4.78, 5) is 14.9. The minimum Gasteiger partial charge on any atom is -0.481 e. The fourth-order valence-corrected chi connectivity index (χ4v) is 6.00. The van der Waals surface area contributed by atoms with Crippen LogP contribution in [0.25, 0.3) is 10.9 Å². The smallest absolute Gasteiger partial charge is 0.216 e. The molecule has 1 aromatic carbocycles. The van der Waals surface area contributed by atoms with Gasteiger partial charge in [-0.1, -0.05) is 38.5 Å². The van der Waals surface area contributed by atoms with Gasteiger partial charge in [0.25, 0.3) is 0 Å². The number of hydrogen-bond acceptors (Lipinski definition) is 5. The lowest BCUT2D eigenvalue weighted by molar-refractivity contribution is 0.175. The van der Waals surface area contributed by atoms with Crippen molar-refractivity contribution in [3.8, 4) is 5.88 Å². The summed E-state index contributed by atoms with van der Waals surface area (Å²) in [5.41, 5.74) is 4.78. The van der Waals surface area contributed by atoms with Gasteiger partial charge >= 0.3 is 0 Å². The predicted octanol–water partition coefficient (Wildman–Crippen LogP) is 5.64. The van der Waals surface area contributed by atoms with Gasteiger partial charge in [-0.05, 0) is 81.9 Å². The number of aryl methyl sites for hydroxylation is 1. The van der Waals surface area contributed by atoms with Crippen LogP contribution >= 0.6 is 0 Å². The van der Waals surface area contributed by atoms with Gasteiger partial charge in [-0.3, -0.25) is 0 Å². The lowest BCUT2D eigenvalue weighted by Crippen LogP contribution is -2.39. The van der Waals surface area contributed by atoms with Crippen LogP contribution in [-0.2, 0) is 18.3 Å². The van der Waals surface area contributed by atoms with Gasteiger partial charge in [-0.15, -0.1) is 0 Å².